The van der Waals surface area contributed by atoms with Crippen molar-refractivity contribution in [3.63, 3.8) is 0 Å². The van der Waals surface area contributed by atoms with E-state index in [1.807, 2.05) is 11.0 Å². The minimum absolute atomic E-state index is 0.242. The summed E-state index contributed by atoms with van der Waals surface area (Å²) in [7, 11) is 2.10. The summed E-state index contributed by atoms with van der Waals surface area (Å²) in [5.41, 5.74) is 1.73. The minimum atomic E-state index is -0.380. The van der Waals surface area contributed by atoms with E-state index in [1.165, 1.54) is 17.2 Å². The number of halogens is 3. The number of guanidine groups is 1. The van der Waals surface area contributed by atoms with Crippen molar-refractivity contribution in [2.24, 2.45) is 4.99 Å². The van der Waals surface area contributed by atoms with Gasteiger partial charge in [0.1, 0.15) is 11.4 Å². The lowest BCUT2D eigenvalue weighted by Crippen LogP contribution is -2.55. The number of aromatic nitrogens is 2. The van der Waals surface area contributed by atoms with Gasteiger partial charge in [-0.3, -0.25) is 19.6 Å². The van der Waals surface area contributed by atoms with E-state index < -0.39 is 0 Å². The van der Waals surface area contributed by atoms with Gasteiger partial charge in [0.15, 0.2) is 5.82 Å². The molecule has 202 valence electrons. The average molecular weight is 569 g/mol. The van der Waals surface area contributed by atoms with E-state index in [-0.39, 0.29) is 23.2 Å². The SMILES string of the molecule is C[C@@H]1CN(c2ccc(Nc3ncc4c(n3)N3CCN=C3N(c3c(Cl)cccc3Cl)C4=O)cc2F)C[C@H](C)N1C. The first-order chi connectivity index (χ1) is 18.7. The molecule has 1 aromatic heterocycles. The number of nitrogens with zero attached hydrogens (tertiary/aromatic N) is 7. The number of benzene rings is 2. The highest BCUT2D eigenvalue weighted by Crippen LogP contribution is 2.39. The molecule has 1 saturated heterocycles. The number of fused-ring (bicyclic) bond motifs is 3. The topological polar surface area (TPSA) is 80.2 Å². The number of nitrogens with one attached hydrogen (secondary N) is 1. The van der Waals surface area contributed by atoms with Crippen LogP contribution < -0.4 is 20.0 Å². The number of para-hydroxylation sites is 1. The Balaban J connectivity index is 1.27. The van der Waals surface area contributed by atoms with Gasteiger partial charge in [0.2, 0.25) is 11.9 Å². The summed E-state index contributed by atoms with van der Waals surface area (Å²) in [6.45, 7) is 6.80. The highest BCUT2D eigenvalue weighted by atomic mass is 35.5. The van der Waals surface area contributed by atoms with Gasteiger partial charge in [-0.1, -0.05) is 29.3 Å². The molecule has 1 amide bonds. The molecule has 4 heterocycles. The smallest absolute Gasteiger partial charge is 0.270 e. The maximum Gasteiger partial charge on any atom is 0.270 e. The summed E-state index contributed by atoms with van der Waals surface area (Å²) in [6.07, 6.45) is 1.46. The molecule has 3 aromatic rings. The second kappa shape index (κ2) is 9.93. The number of rotatable bonds is 4. The van der Waals surface area contributed by atoms with Gasteiger partial charge in [0.25, 0.3) is 5.91 Å². The van der Waals surface area contributed by atoms with Gasteiger partial charge in [0.05, 0.1) is 28.0 Å². The van der Waals surface area contributed by atoms with Crippen LogP contribution >= 0.6 is 23.2 Å². The van der Waals surface area contributed by atoms with Crippen molar-refractivity contribution in [1.82, 2.24) is 14.9 Å². The monoisotopic (exact) mass is 568 g/mol. The molecular weight excluding hydrogens is 542 g/mol. The number of piperazine rings is 1. The third-order valence-electron chi connectivity index (χ3n) is 7.54. The molecule has 3 aliphatic rings. The lowest BCUT2D eigenvalue weighted by Gasteiger charge is -2.43. The fourth-order valence-electron chi connectivity index (χ4n) is 5.30. The number of hydrogen-bond acceptors (Lipinski definition) is 8. The van der Waals surface area contributed by atoms with Crippen LogP contribution in [0.15, 0.2) is 47.6 Å². The van der Waals surface area contributed by atoms with Crippen LogP contribution in [-0.2, 0) is 0 Å². The quantitative estimate of drug-likeness (QED) is 0.472. The van der Waals surface area contributed by atoms with Crippen LogP contribution in [0, 0.1) is 5.82 Å². The largest absolute Gasteiger partial charge is 0.366 e. The van der Waals surface area contributed by atoms with Crippen molar-refractivity contribution in [2.45, 2.75) is 25.9 Å². The zero-order valence-corrected chi connectivity index (χ0v) is 23.2. The Morgan fingerprint density at radius 2 is 1.79 bits per heavy atom. The Labute approximate surface area is 235 Å². The van der Waals surface area contributed by atoms with Crippen molar-refractivity contribution in [3.8, 4) is 0 Å². The van der Waals surface area contributed by atoms with E-state index >= 15 is 4.39 Å². The minimum Gasteiger partial charge on any atom is -0.366 e. The number of hydrogen-bond donors (Lipinski definition) is 1. The Morgan fingerprint density at radius 3 is 2.49 bits per heavy atom. The molecule has 39 heavy (non-hydrogen) atoms. The third-order valence-corrected chi connectivity index (χ3v) is 8.15. The van der Waals surface area contributed by atoms with Gasteiger partial charge in [0, 0.05) is 43.6 Å². The number of aliphatic imine (C=N–C) groups is 1. The fraction of sp³-hybridized carbons (Fsp3) is 0.333. The molecule has 6 rings (SSSR count). The highest BCUT2D eigenvalue weighted by Gasteiger charge is 2.41. The van der Waals surface area contributed by atoms with Crippen molar-refractivity contribution < 1.29 is 9.18 Å². The zero-order valence-electron chi connectivity index (χ0n) is 21.7. The molecule has 0 radical (unpaired) electrons. The number of anilines is 5. The standard InChI is InChI=1S/C27H27Cl2FN8O/c1-15-13-36(14-16(2)35(15)3)22-8-7-17(11-21(22)30)33-26-32-12-18-24(34-26)37-10-9-31-27(37)38(25(18)39)23-19(28)5-4-6-20(23)29/h4-8,11-12,15-16H,9-10,13-14H2,1-3H3,(H,32,33,34)/t15-,16+. The van der Waals surface area contributed by atoms with E-state index in [1.54, 1.807) is 24.3 Å². The van der Waals surface area contributed by atoms with Crippen molar-refractivity contribution in [2.75, 3.05) is 53.2 Å². The van der Waals surface area contributed by atoms with Gasteiger partial charge in [-0.05, 0) is 51.2 Å². The number of likely N-dealkylation sites (N-methyl/N-ethyl adjacent to an activating group) is 1. The van der Waals surface area contributed by atoms with Gasteiger partial charge in [-0.2, -0.15) is 4.98 Å². The lowest BCUT2D eigenvalue weighted by atomic mass is 10.1. The average Bonchev–Trinajstić information content (AvgIpc) is 3.39. The predicted molar refractivity (Wildman–Crippen MR) is 154 cm³/mol. The number of carbonyl (C=O) groups is 1. The molecule has 1 N–H and O–H groups in total. The Bertz CT molecular complexity index is 1470. The van der Waals surface area contributed by atoms with Crippen LogP contribution in [0.3, 0.4) is 0 Å². The summed E-state index contributed by atoms with van der Waals surface area (Å²) in [5, 5.41) is 3.75. The molecule has 12 heteroatoms. The van der Waals surface area contributed by atoms with E-state index in [0.717, 1.165) is 13.1 Å². The van der Waals surface area contributed by atoms with Crippen molar-refractivity contribution >= 4 is 63.9 Å². The van der Waals surface area contributed by atoms with Crippen LogP contribution in [0.25, 0.3) is 0 Å². The summed E-state index contributed by atoms with van der Waals surface area (Å²) < 4.78 is 15.2. The Hall–Kier alpha value is -3.47. The normalized spacial score (nSPS) is 21.1. The molecule has 2 atom stereocenters. The van der Waals surface area contributed by atoms with Crippen molar-refractivity contribution in [3.05, 3.63) is 64.0 Å². The maximum absolute atomic E-state index is 15.2. The summed E-state index contributed by atoms with van der Waals surface area (Å²) in [4.78, 5) is 34.7. The Morgan fingerprint density at radius 1 is 1.08 bits per heavy atom. The van der Waals surface area contributed by atoms with Crippen LogP contribution in [-0.4, -0.2) is 72.0 Å². The molecule has 0 bridgehead atoms. The zero-order chi connectivity index (χ0) is 27.4. The number of amides is 1. The lowest BCUT2D eigenvalue weighted by molar-refractivity contribution is 0.1000. The van der Waals surface area contributed by atoms with Gasteiger partial charge in [-0.15, -0.1) is 0 Å². The van der Waals surface area contributed by atoms with Crippen LogP contribution in [0.2, 0.25) is 10.0 Å². The second-order valence-electron chi connectivity index (χ2n) is 10.0. The molecule has 0 aliphatic carbocycles. The molecule has 0 unspecified atom stereocenters. The molecule has 3 aliphatic heterocycles. The van der Waals surface area contributed by atoms with Gasteiger partial charge in [-0.25, -0.2) is 14.3 Å². The summed E-state index contributed by atoms with van der Waals surface area (Å²) in [5.74, 6) is 0.364. The molecule has 2 aromatic carbocycles. The molecular formula is C27H27Cl2FN8O. The van der Waals surface area contributed by atoms with E-state index in [9.17, 15) is 4.79 Å². The first-order valence-electron chi connectivity index (χ1n) is 12.7. The molecule has 0 saturated carbocycles. The first kappa shape index (κ1) is 25.8. The molecule has 0 spiro atoms. The number of carbonyl (C=O) groups excluding carboxylic acids is 1. The molecule has 9 nitrogen and oxygen atoms in total. The van der Waals surface area contributed by atoms with E-state index in [4.69, 9.17) is 23.2 Å². The van der Waals surface area contributed by atoms with Gasteiger partial charge >= 0.3 is 0 Å². The van der Waals surface area contributed by atoms with Gasteiger partial charge < -0.3 is 10.2 Å². The highest BCUT2D eigenvalue weighted by molar-refractivity contribution is 6.43. The second-order valence-corrected chi connectivity index (χ2v) is 10.8. The van der Waals surface area contributed by atoms with E-state index in [2.05, 4.69) is 51.0 Å². The van der Waals surface area contributed by atoms with E-state index in [0.29, 0.717) is 64.1 Å². The third kappa shape index (κ3) is 4.46. The first-order valence-corrected chi connectivity index (χ1v) is 13.5. The van der Waals surface area contributed by atoms with Crippen molar-refractivity contribution in [1.29, 1.82) is 0 Å². The Kier molecular flexibility index (Phi) is 6.57. The fourth-order valence-corrected chi connectivity index (χ4v) is 5.87. The molecule has 1 fully saturated rings. The predicted octanol–water partition coefficient (Wildman–Crippen LogP) is 5.03. The maximum atomic E-state index is 15.2. The summed E-state index contributed by atoms with van der Waals surface area (Å²) in [6, 6.07) is 10.7. The van der Waals surface area contributed by atoms with Crippen LogP contribution in [0.4, 0.5) is 33.2 Å². The van der Waals surface area contributed by atoms with Crippen LogP contribution in [0.1, 0.15) is 24.2 Å². The van der Waals surface area contributed by atoms with Crippen LogP contribution in [0.5, 0.6) is 0 Å². The summed E-state index contributed by atoms with van der Waals surface area (Å²) >= 11 is 12.9.